The van der Waals surface area contributed by atoms with Gasteiger partial charge in [0.1, 0.15) is 5.75 Å². The molecule has 1 aromatic carbocycles. The Morgan fingerprint density at radius 1 is 1.18 bits per heavy atom. The first kappa shape index (κ1) is 15.7. The zero-order valence-corrected chi connectivity index (χ0v) is 13.9. The summed E-state index contributed by atoms with van der Waals surface area (Å²) in [5.41, 5.74) is 6.13. The van der Waals surface area contributed by atoms with Gasteiger partial charge in [-0.05, 0) is 74.9 Å². The standard InChI is InChI=1S/C17H24N2O2S/c1-21-13-2-4-14(5-3-13)22-17(15(18)20)7-6-16(12-17)8-10-19-11-9-16/h2-5,19H,6-12H2,1H3,(H2,18,20). The summed E-state index contributed by atoms with van der Waals surface area (Å²) >= 11 is 1.64. The molecule has 1 aliphatic carbocycles. The van der Waals surface area contributed by atoms with Crippen LogP contribution in [0.15, 0.2) is 29.2 Å². The average molecular weight is 320 g/mol. The highest BCUT2D eigenvalue weighted by atomic mass is 32.2. The molecule has 2 aliphatic rings. The van der Waals surface area contributed by atoms with Gasteiger partial charge in [0.15, 0.2) is 0 Å². The Labute approximate surface area is 136 Å². The molecule has 1 unspecified atom stereocenters. The smallest absolute Gasteiger partial charge is 0.234 e. The molecule has 1 saturated carbocycles. The van der Waals surface area contributed by atoms with Crippen LogP contribution in [0.3, 0.4) is 0 Å². The largest absolute Gasteiger partial charge is 0.497 e. The molecule has 1 aromatic rings. The third-order valence-corrected chi connectivity index (χ3v) is 6.65. The summed E-state index contributed by atoms with van der Waals surface area (Å²) in [4.78, 5) is 13.3. The number of hydrogen-bond donors (Lipinski definition) is 2. The van der Waals surface area contributed by atoms with E-state index in [2.05, 4.69) is 5.32 Å². The Hall–Kier alpha value is -1.20. The fraction of sp³-hybridized carbons (Fsp3) is 0.588. The summed E-state index contributed by atoms with van der Waals surface area (Å²) in [7, 11) is 1.66. The van der Waals surface area contributed by atoms with Crippen molar-refractivity contribution in [2.75, 3.05) is 20.2 Å². The van der Waals surface area contributed by atoms with Crippen LogP contribution >= 0.6 is 11.8 Å². The average Bonchev–Trinajstić information content (AvgIpc) is 2.88. The first-order valence-electron chi connectivity index (χ1n) is 7.91. The van der Waals surface area contributed by atoms with Crippen molar-refractivity contribution in [3.63, 3.8) is 0 Å². The monoisotopic (exact) mass is 320 g/mol. The fourth-order valence-corrected chi connectivity index (χ4v) is 5.26. The molecule has 4 nitrogen and oxygen atoms in total. The number of primary amides is 1. The first-order valence-corrected chi connectivity index (χ1v) is 8.73. The number of carbonyl (C=O) groups is 1. The van der Waals surface area contributed by atoms with E-state index in [1.165, 1.54) is 0 Å². The van der Waals surface area contributed by atoms with E-state index in [1.807, 2.05) is 24.3 Å². The third-order valence-electron chi connectivity index (χ3n) is 5.21. The lowest BCUT2D eigenvalue weighted by Crippen LogP contribution is -2.42. The van der Waals surface area contributed by atoms with Gasteiger partial charge in [-0.25, -0.2) is 0 Å². The summed E-state index contributed by atoms with van der Waals surface area (Å²) in [6, 6.07) is 7.90. The fourth-order valence-electron chi connectivity index (χ4n) is 3.85. The van der Waals surface area contributed by atoms with Crippen molar-refractivity contribution in [1.82, 2.24) is 5.32 Å². The summed E-state index contributed by atoms with van der Waals surface area (Å²) in [6.45, 7) is 2.12. The van der Waals surface area contributed by atoms with Gasteiger partial charge in [-0.2, -0.15) is 0 Å². The van der Waals surface area contributed by atoms with E-state index in [9.17, 15) is 4.79 Å². The molecule has 2 fully saturated rings. The molecular formula is C17H24N2O2S. The van der Waals surface area contributed by atoms with Gasteiger partial charge in [0.2, 0.25) is 5.91 Å². The van der Waals surface area contributed by atoms with Crippen LogP contribution in [0.25, 0.3) is 0 Å². The van der Waals surface area contributed by atoms with E-state index in [0.717, 1.165) is 55.8 Å². The number of thioether (sulfide) groups is 1. The second-order valence-electron chi connectivity index (χ2n) is 6.56. The second-order valence-corrected chi connectivity index (χ2v) is 8.02. The number of hydrogen-bond acceptors (Lipinski definition) is 4. The third kappa shape index (κ3) is 2.97. The van der Waals surface area contributed by atoms with Crippen LogP contribution in [0.1, 0.15) is 32.1 Å². The number of amides is 1. The van der Waals surface area contributed by atoms with Gasteiger partial charge in [-0.15, -0.1) is 11.8 Å². The van der Waals surface area contributed by atoms with Crippen LogP contribution in [0.4, 0.5) is 0 Å². The van der Waals surface area contributed by atoms with E-state index >= 15 is 0 Å². The van der Waals surface area contributed by atoms with Crippen LogP contribution in [-0.2, 0) is 4.79 Å². The van der Waals surface area contributed by atoms with Crippen LogP contribution < -0.4 is 15.8 Å². The number of ether oxygens (including phenoxy) is 1. The Morgan fingerprint density at radius 2 is 1.86 bits per heavy atom. The molecule has 3 N–H and O–H groups in total. The molecule has 1 amide bonds. The van der Waals surface area contributed by atoms with Crippen LogP contribution in [0, 0.1) is 5.41 Å². The predicted molar refractivity (Wildman–Crippen MR) is 89.2 cm³/mol. The number of nitrogens with one attached hydrogen (secondary N) is 1. The van der Waals surface area contributed by atoms with Gasteiger partial charge >= 0.3 is 0 Å². The highest BCUT2D eigenvalue weighted by Crippen LogP contribution is 2.56. The van der Waals surface area contributed by atoms with Crippen molar-refractivity contribution in [3.8, 4) is 5.75 Å². The maximum Gasteiger partial charge on any atom is 0.234 e. The van der Waals surface area contributed by atoms with Crippen molar-refractivity contribution in [2.24, 2.45) is 11.1 Å². The van der Waals surface area contributed by atoms with E-state index < -0.39 is 4.75 Å². The molecule has 5 heteroatoms. The number of piperidine rings is 1. The molecule has 1 heterocycles. The molecule has 0 bridgehead atoms. The number of carbonyl (C=O) groups excluding carboxylic acids is 1. The van der Waals surface area contributed by atoms with Gasteiger partial charge in [0.05, 0.1) is 11.9 Å². The number of nitrogens with two attached hydrogens (primary N) is 1. The zero-order valence-electron chi connectivity index (χ0n) is 13.1. The molecule has 3 rings (SSSR count). The zero-order chi connectivity index (χ0) is 15.6. The van der Waals surface area contributed by atoms with Gasteiger partial charge in [0.25, 0.3) is 0 Å². The topological polar surface area (TPSA) is 64.3 Å². The second kappa shape index (κ2) is 6.13. The Bertz CT molecular complexity index is 540. The van der Waals surface area contributed by atoms with Gasteiger partial charge in [0, 0.05) is 4.90 Å². The SMILES string of the molecule is COc1ccc(SC2(C(N)=O)CCC3(CCNCC3)C2)cc1. The first-order chi connectivity index (χ1) is 10.6. The van der Waals surface area contributed by atoms with E-state index in [-0.39, 0.29) is 5.91 Å². The van der Waals surface area contributed by atoms with Crippen molar-refractivity contribution in [3.05, 3.63) is 24.3 Å². The highest BCUT2D eigenvalue weighted by molar-refractivity contribution is 8.01. The molecule has 1 spiro atoms. The maximum atomic E-state index is 12.2. The molecule has 22 heavy (non-hydrogen) atoms. The minimum Gasteiger partial charge on any atom is -0.497 e. The number of rotatable bonds is 4. The van der Waals surface area contributed by atoms with Crippen LogP contribution in [0.2, 0.25) is 0 Å². The Balaban J connectivity index is 1.79. The Kier molecular flexibility index (Phi) is 4.37. The van der Waals surface area contributed by atoms with Crippen molar-refractivity contribution in [2.45, 2.75) is 41.7 Å². The van der Waals surface area contributed by atoms with E-state index in [4.69, 9.17) is 10.5 Å². The number of benzene rings is 1. The minimum atomic E-state index is -0.452. The number of methoxy groups -OCH3 is 1. The quantitative estimate of drug-likeness (QED) is 0.895. The molecule has 120 valence electrons. The van der Waals surface area contributed by atoms with Crippen molar-refractivity contribution < 1.29 is 9.53 Å². The van der Waals surface area contributed by atoms with Gasteiger partial charge in [-0.1, -0.05) is 0 Å². The minimum absolute atomic E-state index is 0.163. The van der Waals surface area contributed by atoms with Crippen LogP contribution in [0.5, 0.6) is 5.75 Å². The molecule has 1 aliphatic heterocycles. The molecule has 0 radical (unpaired) electrons. The molecule has 0 aromatic heterocycles. The predicted octanol–water partition coefficient (Wildman–Crippen LogP) is 2.57. The summed E-state index contributed by atoms with van der Waals surface area (Å²) in [6.07, 6.45) is 5.23. The van der Waals surface area contributed by atoms with Crippen molar-refractivity contribution >= 4 is 17.7 Å². The summed E-state index contributed by atoms with van der Waals surface area (Å²) in [5, 5.41) is 3.42. The summed E-state index contributed by atoms with van der Waals surface area (Å²) in [5.74, 6) is 0.669. The molecule has 1 saturated heterocycles. The maximum absolute atomic E-state index is 12.2. The molecule has 1 atom stereocenters. The normalized spacial score (nSPS) is 27.0. The lowest BCUT2D eigenvalue weighted by Gasteiger charge is -2.35. The lowest BCUT2D eigenvalue weighted by molar-refractivity contribution is -0.120. The Morgan fingerprint density at radius 3 is 2.45 bits per heavy atom. The van der Waals surface area contributed by atoms with E-state index in [0.29, 0.717) is 5.41 Å². The van der Waals surface area contributed by atoms with Gasteiger partial charge in [-0.3, -0.25) is 4.79 Å². The van der Waals surface area contributed by atoms with Crippen molar-refractivity contribution in [1.29, 1.82) is 0 Å². The molecular weight excluding hydrogens is 296 g/mol. The van der Waals surface area contributed by atoms with E-state index in [1.54, 1.807) is 18.9 Å². The summed E-state index contributed by atoms with van der Waals surface area (Å²) < 4.78 is 4.74. The lowest BCUT2D eigenvalue weighted by atomic mass is 9.77. The van der Waals surface area contributed by atoms with Crippen LogP contribution in [-0.4, -0.2) is 30.9 Å². The highest BCUT2D eigenvalue weighted by Gasteiger charge is 2.52. The van der Waals surface area contributed by atoms with Gasteiger partial charge < -0.3 is 15.8 Å².